The third kappa shape index (κ3) is 3.44. The molecule has 0 saturated heterocycles. The highest BCUT2D eigenvalue weighted by Crippen LogP contribution is 2.34. The first-order chi connectivity index (χ1) is 11.6. The fraction of sp³-hybridized carbons (Fsp3) is 0. The second kappa shape index (κ2) is 6.81. The van der Waals surface area contributed by atoms with Crippen LogP contribution in [-0.4, -0.2) is 26.4 Å². The number of nitrogens with zero attached hydrogens (tertiary/aromatic N) is 3. The van der Waals surface area contributed by atoms with Crippen molar-refractivity contribution in [1.82, 2.24) is 15.2 Å². The molecule has 2 aromatic carbocycles. The van der Waals surface area contributed by atoms with Crippen LogP contribution in [-0.2, 0) is 0 Å². The van der Waals surface area contributed by atoms with Crippen molar-refractivity contribution in [2.75, 3.05) is 0 Å². The van der Waals surface area contributed by atoms with E-state index < -0.39 is 4.92 Å². The highest BCUT2D eigenvalue weighted by Gasteiger charge is 2.18. The van der Waals surface area contributed by atoms with E-state index in [-0.39, 0.29) is 11.3 Å². The Hall–Kier alpha value is -2.71. The summed E-state index contributed by atoms with van der Waals surface area (Å²) >= 11 is 6.89. The molecule has 0 saturated carbocycles. The van der Waals surface area contributed by atoms with Crippen LogP contribution >= 0.6 is 23.4 Å². The fourth-order valence-corrected chi connectivity index (χ4v) is 2.89. The van der Waals surface area contributed by atoms with E-state index in [9.17, 15) is 14.9 Å². The van der Waals surface area contributed by atoms with Crippen molar-refractivity contribution in [1.29, 1.82) is 0 Å². The molecule has 0 bridgehead atoms. The maximum Gasteiger partial charge on any atom is 0.284 e. The number of nitro benzene ring substituents is 1. The average molecular weight is 361 g/mol. The molecule has 120 valence electrons. The summed E-state index contributed by atoms with van der Waals surface area (Å²) in [7, 11) is 0. The van der Waals surface area contributed by atoms with Gasteiger partial charge in [0.1, 0.15) is 6.29 Å². The largest absolute Gasteiger partial charge is 0.298 e. The summed E-state index contributed by atoms with van der Waals surface area (Å²) in [6.07, 6.45) is 0.562. The summed E-state index contributed by atoms with van der Waals surface area (Å²) in [5, 5.41) is 18.9. The van der Waals surface area contributed by atoms with Gasteiger partial charge < -0.3 is 0 Å². The number of aldehydes is 1. The number of H-pyrrole nitrogens is 1. The van der Waals surface area contributed by atoms with Gasteiger partial charge in [0, 0.05) is 22.2 Å². The SMILES string of the molecule is O=Cc1ccc(Sc2n[nH]c(-c3ccc(Cl)cc3)n2)c([N+](=O)[O-])c1. The Morgan fingerprint density at radius 3 is 2.62 bits per heavy atom. The number of halogens is 1. The molecule has 0 radical (unpaired) electrons. The number of aromatic nitrogens is 3. The van der Waals surface area contributed by atoms with Crippen LogP contribution in [0.4, 0.5) is 5.69 Å². The second-order valence-corrected chi connectivity index (χ2v) is 6.12. The lowest BCUT2D eigenvalue weighted by Crippen LogP contribution is -1.93. The zero-order valence-electron chi connectivity index (χ0n) is 12.0. The summed E-state index contributed by atoms with van der Waals surface area (Å²) in [5.74, 6) is 0.529. The van der Waals surface area contributed by atoms with E-state index in [2.05, 4.69) is 15.2 Å². The maximum absolute atomic E-state index is 11.2. The Morgan fingerprint density at radius 1 is 1.21 bits per heavy atom. The lowest BCUT2D eigenvalue weighted by molar-refractivity contribution is -0.387. The molecule has 0 spiro atoms. The summed E-state index contributed by atoms with van der Waals surface area (Å²) < 4.78 is 0. The van der Waals surface area contributed by atoms with Crippen molar-refractivity contribution in [3.8, 4) is 11.4 Å². The van der Waals surface area contributed by atoms with E-state index in [0.717, 1.165) is 17.3 Å². The fourth-order valence-electron chi connectivity index (χ4n) is 1.96. The number of rotatable bonds is 5. The van der Waals surface area contributed by atoms with Crippen molar-refractivity contribution in [2.24, 2.45) is 0 Å². The first-order valence-electron chi connectivity index (χ1n) is 6.66. The highest BCUT2D eigenvalue weighted by molar-refractivity contribution is 7.99. The normalized spacial score (nSPS) is 10.5. The molecule has 0 fully saturated rings. The molecule has 3 aromatic rings. The zero-order valence-corrected chi connectivity index (χ0v) is 13.5. The van der Waals surface area contributed by atoms with Gasteiger partial charge in [0.25, 0.3) is 5.69 Å². The van der Waals surface area contributed by atoms with Crippen LogP contribution in [0, 0.1) is 10.1 Å². The minimum Gasteiger partial charge on any atom is -0.298 e. The topological polar surface area (TPSA) is 102 Å². The number of nitrogens with one attached hydrogen (secondary N) is 1. The van der Waals surface area contributed by atoms with Crippen molar-refractivity contribution in [2.45, 2.75) is 10.1 Å². The van der Waals surface area contributed by atoms with Crippen molar-refractivity contribution < 1.29 is 9.72 Å². The van der Waals surface area contributed by atoms with Gasteiger partial charge in [-0.1, -0.05) is 17.7 Å². The number of benzene rings is 2. The molecular formula is C15H9ClN4O3S. The predicted octanol–water partition coefficient (Wildman–Crippen LogP) is 4.00. The van der Waals surface area contributed by atoms with Crippen molar-refractivity contribution in [3.63, 3.8) is 0 Å². The number of hydrogen-bond donors (Lipinski definition) is 1. The Morgan fingerprint density at radius 2 is 1.96 bits per heavy atom. The lowest BCUT2D eigenvalue weighted by atomic mass is 10.2. The average Bonchev–Trinajstić information content (AvgIpc) is 3.04. The number of aromatic amines is 1. The van der Waals surface area contributed by atoms with Crippen molar-refractivity contribution >= 4 is 35.3 Å². The van der Waals surface area contributed by atoms with Gasteiger partial charge in [-0.05, 0) is 42.1 Å². The molecule has 24 heavy (non-hydrogen) atoms. The Bertz CT molecular complexity index is 911. The summed E-state index contributed by atoms with van der Waals surface area (Å²) in [5.41, 5.74) is 0.870. The Balaban J connectivity index is 1.88. The quantitative estimate of drug-likeness (QED) is 0.419. The van der Waals surface area contributed by atoms with Gasteiger partial charge in [-0.3, -0.25) is 20.0 Å². The second-order valence-electron chi connectivity index (χ2n) is 4.68. The van der Waals surface area contributed by atoms with Crippen molar-refractivity contribution in [3.05, 3.63) is 63.2 Å². The van der Waals surface area contributed by atoms with Gasteiger partial charge in [0.05, 0.1) is 9.82 Å². The molecule has 0 amide bonds. The van der Waals surface area contributed by atoms with E-state index in [1.165, 1.54) is 18.2 Å². The van der Waals surface area contributed by atoms with Crippen LogP contribution in [0.3, 0.4) is 0 Å². The molecular weight excluding hydrogens is 352 g/mol. The molecule has 0 atom stereocenters. The number of carbonyl (C=O) groups is 1. The van der Waals surface area contributed by atoms with Gasteiger partial charge in [-0.25, -0.2) is 4.98 Å². The smallest absolute Gasteiger partial charge is 0.284 e. The van der Waals surface area contributed by atoms with E-state index in [4.69, 9.17) is 11.6 Å². The first kappa shape index (κ1) is 16.2. The number of carbonyl (C=O) groups excluding carboxylic acids is 1. The van der Waals surface area contributed by atoms with Crippen LogP contribution in [0.5, 0.6) is 0 Å². The highest BCUT2D eigenvalue weighted by atomic mass is 35.5. The molecule has 1 heterocycles. The third-order valence-corrected chi connectivity index (χ3v) is 4.28. The van der Waals surface area contributed by atoms with E-state index in [1.807, 2.05) is 0 Å². The molecule has 0 aliphatic rings. The van der Waals surface area contributed by atoms with Crippen LogP contribution in [0.15, 0.2) is 52.5 Å². The van der Waals surface area contributed by atoms with E-state index in [1.54, 1.807) is 24.3 Å². The van der Waals surface area contributed by atoms with Crippen LogP contribution < -0.4 is 0 Å². The molecule has 0 aliphatic carbocycles. The molecule has 9 heteroatoms. The molecule has 0 aliphatic heterocycles. The predicted molar refractivity (Wildman–Crippen MR) is 89.4 cm³/mol. The molecule has 0 unspecified atom stereocenters. The van der Waals surface area contributed by atoms with Crippen LogP contribution in [0.25, 0.3) is 11.4 Å². The Labute approximate surface area is 145 Å². The van der Waals surface area contributed by atoms with Crippen LogP contribution in [0.1, 0.15) is 10.4 Å². The number of nitro groups is 1. The van der Waals surface area contributed by atoms with Crippen LogP contribution in [0.2, 0.25) is 5.02 Å². The third-order valence-electron chi connectivity index (χ3n) is 3.10. The molecule has 7 nitrogen and oxygen atoms in total. The molecule has 1 N–H and O–H groups in total. The zero-order chi connectivity index (χ0) is 17.1. The van der Waals surface area contributed by atoms with Gasteiger partial charge in [0.15, 0.2) is 5.82 Å². The summed E-state index contributed by atoms with van der Waals surface area (Å²) in [6.45, 7) is 0. The van der Waals surface area contributed by atoms with E-state index >= 15 is 0 Å². The lowest BCUT2D eigenvalue weighted by Gasteiger charge is -2.00. The first-order valence-corrected chi connectivity index (χ1v) is 7.86. The van der Waals surface area contributed by atoms with E-state index in [0.29, 0.717) is 27.2 Å². The minimum atomic E-state index is -0.540. The molecule has 1 aromatic heterocycles. The maximum atomic E-state index is 11.2. The molecule has 3 rings (SSSR count). The van der Waals surface area contributed by atoms with Gasteiger partial charge in [-0.15, -0.1) is 5.10 Å². The summed E-state index contributed by atoms with van der Waals surface area (Å²) in [6, 6.07) is 11.3. The van der Waals surface area contributed by atoms with Gasteiger partial charge in [0.2, 0.25) is 5.16 Å². The summed E-state index contributed by atoms with van der Waals surface area (Å²) in [4.78, 5) is 26.0. The monoisotopic (exact) mass is 360 g/mol. The van der Waals surface area contributed by atoms with Gasteiger partial charge in [-0.2, -0.15) is 0 Å². The minimum absolute atomic E-state index is 0.164. The number of hydrogen-bond acceptors (Lipinski definition) is 6. The Kier molecular flexibility index (Phi) is 4.59. The standard InChI is InChI=1S/C15H9ClN4O3S/c16-11-4-2-10(3-5-11)14-17-15(19-18-14)24-13-6-1-9(8-21)7-12(13)20(22)23/h1-8H,(H,17,18,19). The van der Waals surface area contributed by atoms with Gasteiger partial charge >= 0.3 is 0 Å².